The van der Waals surface area contributed by atoms with Gasteiger partial charge in [-0.25, -0.2) is 4.79 Å². The van der Waals surface area contributed by atoms with Crippen molar-refractivity contribution in [2.24, 2.45) is 16.7 Å². The minimum Gasteiger partial charge on any atom is -0.460 e. The summed E-state index contributed by atoms with van der Waals surface area (Å²) in [6.07, 6.45) is 2.18. The number of hydrogen-bond acceptors (Lipinski definition) is 4. The lowest BCUT2D eigenvalue weighted by molar-refractivity contribution is -0.193. The first-order chi connectivity index (χ1) is 15.2. The van der Waals surface area contributed by atoms with E-state index in [-0.39, 0.29) is 17.5 Å². The fraction of sp³-hybridized carbons (Fsp3) is 0.536. The summed E-state index contributed by atoms with van der Waals surface area (Å²) in [6, 6.07) is 21.0. The average Bonchev–Trinajstić information content (AvgIpc) is 3.29. The van der Waals surface area contributed by atoms with E-state index >= 15 is 0 Å². The van der Waals surface area contributed by atoms with E-state index in [4.69, 9.17) is 14.2 Å². The number of carbonyl (C=O) groups is 1. The summed E-state index contributed by atoms with van der Waals surface area (Å²) >= 11 is 0. The molecule has 0 spiro atoms. The highest BCUT2D eigenvalue weighted by Gasteiger charge is 2.75. The van der Waals surface area contributed by atoms with Gasteiger partial charge in [-0.3, -0.25) is 0 Å². The van der Waals surface area contributed by atoms with Gasteiger partial charge in [0.2, 0.25) is 0 Å². The van der Waals surface area contributed by atoms with Crippen LogP contribution >= 0.6 is 0 Å². The van der Waals surface area contributed by atoms with Crippen LogP contribution in [-0.2, 0) is 24.6 Å². The number of rotatable bonds is 6. The largest absolute Gasteiger partial charge is 0.460 e. The lowest BCUT2D eigenvalue weighted by Crippen LogP contribution is -2.58. The van der Waals surface area contributed by atoms with Gasteiger partial charge in [-0.15, -0.1) is 0 Å². The number of carbonyl (C=O) groups excluding carboxylic acids is 1. The van der Waals surface area contributed by atoms with Crippen LogP contribution in [0.25, 0.3) is 0 Å². The predicted molar refractivity (Wildman–Crippen MR) is 123 cm³/mol. The zero-order chi connectivity index (χ0) is 22.8. The van der Waals surface area contributed by atoms with Crippen molar-refractivity contribution in [1.29, 1.82) is 0 Å². The Morgan fingerprint density at radius 3 is 1.94 bits per heavy atom. The topological polar surface area (TPSA) is 48.1 Å². The van der Waals surface area contributed by atoms with Crippen LogP contribution in [-0.4, -0.2) is 30.9 Å². The first-order valence-electron chi connectivity index (χ1n) is 11.8. The Kier molecular flexibility index (Phi) is 4.85. The lowest BCUT2D eigenvalue weighted by atomic mass is 9.54. The Morgan fingerprint density at radius 2 is 1.50 bits per heavy atom. The maximum absolute atomic E-state index is 13.1. The Balaban J connectivity index is 1.69. The standard InChI is InChI=1S/C28H34O4/c1-25(2)21-16-17-27(25,22(18-21)31-24(29)23-26(3,4)32-23)28(30-5,19-12-8-6-9-13-19)20-14-10-7-11-15-20/h6-15,21-23H,16-18H2,1-5H3/t21-,22-,23+,27-/m1/s1. The molecule has 4 nitrogen and oxygen atoms in total. The molecule has 3 fully saturated rings. The first kappa shape index (κ1) is 21.7. The van der Waals surface area contributed by atoms with Gasteiger partial charge in [0.05, 0.1) is 5.41 Å². The van der Waals surface area contributed by atoms with Gasteiger partial charge in [0.15, 0.2) is 6.10 Å². The fourth-order valence-corrected chi connectivity index (χ4v) is 7.15. The van der Waals surface area contributed by atoms with E-state index < -0.39 is 22.7 Å². The molecule has 2 bridgehead atoms. The van der Waals surface area contributed by atoms with Crippen LogP contribution < -0.4 is 0 Å². The molecule has 0 amide bonds. The third-order valence-corrected chi connectivity index (χ3v) is 8.87. The number of fused-ring (bicyclic) bond motifs is 2. The molecule has 2 aromatic rings. The maximum atomic E-state index is 13.1. The highest BCUT2D eigenvalue weighted by atomic mass is 16.7. The van der Waals surface area contributed by atoms with Crippen LogP contribution in [0.4, 0.5) is 0 Å². The highest BCUT2D eigenvalue weighted by Crippen LogP contribution is 2.74. The van der Waals surface area contributed by atoms with Crippen LogP contribution in [0.5, 0.6) is 0 Å². The summed E-state index contributed by atoms with van der Waals surface area (Å²) in [5.41, 5.74) is 0.543. The summed E-state index contributed by atoms with van der Waals surface area (Å²) < 4.78 is 18.6. The van der Waals surface area contributed by atoms with E-state index in [0.29, 0.717) is 5.92 Å². The number of esters is 1. The van der Waals surface area contributed by atoms with Crippen LogP contribution in [0.2, 0.25) is 0 Å². The SMILES string of the molecule is COC(c1ccccc1)(c1ccccc1)[C@]12CC[C@H](C[C@H]1OC(=O)[C@@H]1OC1(C)C)C2(C)C. The number of benzene rings is 2. The second-order valence-electron chi connectivity index (χ2n) is 10.8. The molecule has 0 radical (unpaired) electrons. The minimum atomic E-state index is -0.741. The zero-order valence-electron chi connectivity index (χ0n) is 19.8. The number of hydrogen-bond donors (Lipinski definition) is 0. The molecule has 2 aromatic carbocycles. The number of methoxy groups -OCH3 is 1. The van der Waals surface area contributed by atoms with Gasteiger partial charge < -0.3 is 14.2 Å². The van der Waals surface area contributed by atoms with Crippen LogP contribution in [0.3, 0.4) is 0 Å². The summed E-state index contributed by atoms with van der Waals surface area (Å²) in [7, 11) is 1.81. The van der Waals surface area contributed by atoms with Gasteiger partial charge in [0.1, 0.15) is 17.3 Å². The summed E-state index contributed by atoms with van der Waals surface area (Å²) in [6.45, 7) is 8.56. The summed E-state index contributed by atoms with van der Waals surface area (Å²) in [5.74, 6) is 0.226. The third kappa shape index (κ3) is 2.72. The molecular formula is C28H34O4. The second kappa shape index (κ2) is 7.16. The van der Waals surface area contributed by atoms with Crippen molar-refractivity contribution in [1.82, 2.24) is 0 Å². The summed E-state index contributed by atoms with van der Waals surface area (Å²) in [4.78, 5) is 13.1. The van der Waals surface area contributed by atoms with Crippen molar-refractivity contribution in [3.63, 3.8) is 0 Å². The van der Waals surface area contributed by atoms with Crippen LogP contribution in [0.1, 0.15) is 58.1 Å². The van der Waals surface area contributed by atoms with Gasteiger partial charge in [-0.2, -0.15) is 0 Å². The molecule has 170 valence electrons. The Morgan fingerprint density at radius 1 is 0.969 bits per heavy atom. The maximum Gasteiger partial charge on any atom is 0.338 e. The molecule has 3 aliphatic rings. The Labute approximate surface area is 191 Å². The molecule has 0 aromatic heterocycles. The molecule has 0 N–H and O–H groups in total. The van der Waals surface area contributed by atoms with Crippen molar-refractivity contribution in [3.05, 3.63) is 71.8 Å². The van der Waals surface area contributed by atoms with Crippen molar-refractivity contribution >= 4 is 5.97 Å². The van der Waals surface area contributed by atoms with E-state index in [1.807, 2.05) is 33.1 Å². The molecule has 1 aliphatic heterocycles. The highest BCUT2D eigenvalue weighted by molar-refractivity contribution is 5.79. The van der Waals surface area contributed by atoms with E-state index in [1.165, 1.54) is 0 Å². The molecule has 4 heteroatoms. The molecular weight excluding hydrogens is 400 g/mol. The average molecular weight is 435 g/mol. The molecule has 4 atom stereocenters. The molecule has 32 heavy (non-hydrogen) atoms. The van der Waals surface area contributed by atoms with E-state index in [1.54, 1.807) is 0 Å². The minimum absolute atomic E-state index is 0.0838. The smallest absolute Gasteiger partial charge is 0.338 e. The van der Waals surface area contributed by atoms with Crippen LogP contribution in [0, 0.1) is 16.7 Å². The molecule has 2 aliphatic carbocycles. The monoisotopic (exact) mass is 434 g/mol. The van der Waals surface area contributed by atoms with Crippen molar-refractivity contribution in [2.45, 2.75) is 70.4 Å². The van der Waals surface area contributed by atoms with Gasteiger partial charge >= 0.3 is 5.97 Å². The Hall–Kier alpha value is -2.17. The predicted octanol–water partition coefficient (Wildman–Crippen LogP) is 5.49. The lowest BCUT2D eigenvalue weighted by Gasteiger charge is -2.55. The molecule has 5 rings (SSSR count). The number of epoxide rings is 1. The first-order valence-corrected chi connectivity index (χ1v) is 11.8. The molecule has 2 saturated carbocycles. The van der Waals surface area contributed by atoms with E-state index in [2.05, 4.69) is 62.4 Å². The number of ether oxygens (including phenoxy) is 3. The van der Waals surface area contributed by atoms with Gasteiger partial charge in [-0.1, -0.05) is 74.5 Å². The van der Waals surface area contributed by atoms with Gasteiger partial charge in [-0.05, 0) is 55.6 Å². The van der Waals surface area contributed by atoms with Gasteiger partial charge in [0.25, 0.3) is 0 Å². The van der Waals surface area contributed by atoms with Crippen molar-refractivity contribution < 1.29 is 19.0 Å². The summed E-state index contributed by atoms with van der Waals surface area (Å²) in [5, 5.41) is 0. The van der Waals surface area contributed by atoms with Gasteiger partial charge in [0, 0.05) is 7.11 Å². The molecule has 1 saturated heterocycles. The normalized spacial score (nSPS) is 32.0. The van der Waals surface area contributed by atoms with Crippen molar-refractivity contribution in [2.75, 3.05) is 7.11 Å². The fourth-order valence-electron chi connectivity index (χ4n) is 7.15. The molecule has 1 heterocycles. The van der Waals surface area contributed by atoms with Crippen LogP contribution in [0.15, 0.2) is 60.7 Å². The Bertz CT molecular complexity index is 957. The van der Waals surface area contributed by atoms with Crippen molar-refractivity contribution in [3.8, 4) is 0 Å². The van der Waals surface area contributed by atoms with E-state index in [9.17, 15) is 4.79 Å². The zero-order valence-corrected chi connectivity index (χ0v) is 19.8. The second-order valence-corrected chi connectivity index (χ2v) is 10.8. The quantitative estimate of drug-likeness (QED) is 0.445. The van der Waals surface area contributed by atoms with E-state index in [0.717, 1.165) is 30.4 Å². The molecule has 0 unspecified atom stereocenters. The third-order valence-electron chi connectivity index (χ3n) is 8.87.